The predicted molar refractivity (Wildman–Crippen MR) is 87.3 cm³/mol. The van der Waals surface area contributed by atoms with Gasteiger partial charge in [-0.25, -0.2) is 13.1 Å². The van der Waals surface area contributed by atoms with Gasteiger partial charge in [-0.05, 0) is 59.1 Å². The van der Waals surface area contributed by atoms with E-state index in [1.54, 1.807) is 12.1 Å². The number of halogens is 1. The zero-order chi connectivity index (χ0) is 14.8. The van der Waals surface area contributed by atoms with E-state index in [0.717, 1.165) is 24.2 Å². The molecular formula is C13H19BrN2O2S2. The van der Waals surface area contributed by atoms with Crippen molar-refractivity contribution in [2.75, 3.05) is 12.3 Å². The second-order valence-electron chi connectivity index (χ2n) is 5.20. The van der Waals surface area contributed by atoms with Gasteiger partial charge in [-0.3, -0.25) is 0 Å². The Morgan fingerprint density at radius 3 is 2.85 bits per heavy atom. The lowest BCUT2D eigenvalue weighted by molar-refractivity contribution is 0.552. The number of rotatable bonds is 5. The molecular weight excluding hydrogens is 360 g/mol. The van der Waals surface area contributed by atoms with E-state index >= 15 is 0 Å². The molecule has 1 aromatic rings. The first-order valence-electron chi connectivity index (χ1n) is 6.48. The van der Waals surface area contributed by atoms with Crippen LogP contribution < -0.4 is 10.5 Å². The molecule has 1 aliphatic heterocycles. The van der Waals surface area contributed by atoms with Crippen LogP contribution in [0.15, 0.2) is 27.6 Å². The van der Waals surface area contributed by atoms with Gasteiger partial charge in [-0.15, -0.1) is 0 Å². The maximum atomic E-state index is 12.4. The van der Waals surface area contributed by atoms with E-state index in [-0.39, 0.29) is 9.64 Å². The summed E-state index contributed by atoms with van der Waals surface area (Å²) in [6.45, 7) is 2.89. The Kier molecular flexibility index (Phi) is 5.18. The van der Waals surface area contributed by atoms with Gasteiger partial charge in [0.1, 0.15) is 0 Å². The second kappa shape index (κ2) is 6.36. The molecule has 0 aromatic heterocycles. The van der Waals surface area contributed by atoms with Crippen LogP contribution in [0.1, 0.15) is 25.3 Å². The molecule has 1 heterocycles. The Bertz CT molecular complexity index is 584. The molecule has 0 radical (unpaired) electrons. The molecule has 1 saturated heterocycles. The van der Waals surface area contributed by atoms with E-state index in [1.807, 2.05) is 17.8 Å². The van der Waals surface area contributed by atoms with Gasteiger partial charge >= 0.3 is 0 Å². The van der Waals surface area contributed by atoms with Gasteiger partial charge < -0.3 is 5.73 Å². The Balaban J connectivity index is 2.17. The van der Waals surface area contributed by atoms with Crippen LogP contribution in [0.2, 0.25) is 0 Å². The molecule has 1 fully saturated rings. The molecule has 1 atom stereocenters. The van der Waals surface area contributed by atoms with E-state index in [0.29, 0.717) is 17.6 Å². The van der Waals surface area contributed by atoms with E-state index < -0.39 is 10.0 Å². The third kappa shape index (κ3) is 3.76. The van der Waals surface area contributed by atoms with Crippen molar-refractivity contribution in [2.24, 2.45) is 5.73 Å². The van der Waals surface area contributed by atoms with Crippen LogP contribution in [0, 0.1) is 0 Å². The van der Waals surface area contributed by atoms with Gasteiger partial charge in [0.2, 0.25) is 10.0 Å². The van der Waals surface area contributed by atoms with Crippen LogP contribution in [-0.4, -0.2) is 25.5 Å². The lowest BCUT2D eigenvalue weighted by atomic mass is 10.1. The summed E-state index contributed by atoms with van der Waals surface area (Å²) in [7, 11) is -3.51. The number of thioether (sulfide) groups is 1. The van der Waals surface area contributed by atoms with E-state index in [2.05, 4.69) is 27.6 Å². The highest BCUT2D eigenvalue weighted by molar-refractivity contribution is 9.10. The van der Waals surface area contributed by atoms with Gasteiger partial charge in [0, 0.05) is 22.3 Å². The van der Waals surface area contributed by atoms with Crippen molar-refractivity contribution in [1.29, 1.82) is 0 Å². The molecule has 4 nitrogen and oxygen atoms in total. The van der Waals surface area contributed by atoms with Crippen molar-refractivity contribution in [1.82, 2.24) is 4.72 Å². The van der Waals surface area contributed by atoms with Crippen molar-refractivity contribution in [2.45, 2.75) is 36.0 Å². The molecule has 0 spiro atoms. The van der Waals surface area contributed by atoms with Gasteiger partial charge in [0.25, 0.3) is 0 Å². The average molecular weight is 379 g/mol. The third-order valence-corrected chi connectivity index (χ3v) is 7.39. The summed E-state index contributed by atoms with van der Waals surface area (Å²) >= 11 is 5.13. The molecule has 1 aromatic carbocycles. The zero-order valence-electron chi connectivity index (χ0n) is 11.4. The molecule has 0 amide bonds. The molecule has 20 heavy (non-hydrogen) atoms. The number of hydrogen-bond donors (Lipinski definition) is 2. The number of benzene rings is 1. The Hall–Kier alpha value is -0.0800. The van der Waals surface area contributed by atoms with Crippen LogP contribution in [0.5, 0.6) is 0 Å². The SMILES string of the molecule is CC1(CNS(=O)(=O)c2cc(CN)ccc2Br)CCCS1. The maximum Gasteiger partial charge on any atom is 0.241 e. The number of hydrogen-bond acceptors (Lipinski definition) is 4. The largest absolute Gasteiger partial charge is 0.326 e. The molecule has 2 rings (SSSR count). The van der Waals surface area contributed by atoms with Crippen molar-refractivity contribution in [3.63, 3.8) is 0 Å². The van der Waals surface area contributed by atoms with E-state index in [9.17, 15) is 8.42 Å². The lowest BCUT2D eigenvalue weighted by Gasteiger charge is -2.23. The summed E-state index contributed by atoms with van der Waals surface area (Å²) < 4.78 is 28.2. The number of nitrogens with two attached hydrogens (primary N) is 1. The first-order chi connectivity index (χ1) is 9.36. The maximum absolute atomic E-state index is 12.4. The van der Waals surface area contributed by atoms with Crippen molar-refractivity contribution in [3.05, 3.63) is 28.2 Å². The molecule has 0 saturated carbocycles. The topological polar surface area (TPSA) is 72.2 Å². The Morgan fingerprint density at radius 1 is 1.50 bits per heavy atom. The first-order valence-corrected chi connectivity index (χ1v) is 9.75. The fourth-order valence-corrected chi connectivity index (χ4v) is 5.70. The molecule has 7 heteroatoms. The molecule has 0 aliphatic carbocycles. The number of sulfonamides is 1. The fourth-order valence-electron chi connectivity index (χ4n) is 2.18. The van der Waals surface area contributed by atoms with Crippen molar-refractivity contribution >= 4 is 37.7 Å². The van der Waals surface area contributed by atoms with Crippen LogP contribution in [0.3, 0.4) is 0 Å². The summed E-state index contributed by atoms with van der Waals surface area (Å²) in [4.78, 5) is 0.257. The highest BCUT2D eigenvalue weighted by Gasteiger charge is 2.31. The average Bonchev–Trinajstić information content (AvgIpc) is 2.85. The number of nitrogens with one attached hydrogen (secondary N) is 1. The summed E-state index contributed by atoms with van der Waals surface area (Å²) in [6, 6.07) is 5.16. The lowest BCUT2D eigenvalue weighted by Crippen LogP contribution is -2.36. The summed E-state index contributed by atoms with van der Waals surface area (Å²) in [5.41, 5.74) is 6.37. The Morgan fingerprint density at radius 2 is 2.25 bits per heavy atom. The van der Waals surface area contributed by atoms with Crippen LogP contribution >= 0.6 is 27.7 Å². The van der Waals surface area contributed by atoms with E-state index in [1.165, 1.54) is 0 Å². The summed E-state index contributed by atoms with van der Waals surface area (Å²) in [5, 5.41) is 0. The van der Waals surface area contributed by atoms with Crippen molar-refractivity contribution in [3.8, 4) is 0 Å². The molecule has 1 aliphatic rings. The minimum atomic E-state index is -3.51. The van der Waals surface area contributed by atoms with Crippen molar-refractivity contribution < 1.29 is 8.42 Å². The molecule has 0 bridgehead atoms. The quantitative estimate of drug-likeness (QED) is 0.825. The van der Waals surface area contributed by atoms with E-state index in [4.69, 9.17) is 5.73 Å². The minimum Gasteiger partial charge on any atom is -0.326 e. The Labute approximate surface area is 133 Å². The first kappa shape index (κ1) is 16.3. The third-order valence-electron chi connectivity index (χ3n) is 3.46. The highest BCUT2D eigenvalue weighted by atomic mass is 79.9. The fraction of sp³-hybridized carbons (Fsp3) is 0.538. The van der Waals surface area contributed by atoms with Gasteiger partial charge in [-0.1, -0.05) is 6.07 Å². The molecule has 112 valence electrons. The smallest absolute Gasteiger partial charge is 0.241 e. The second-order valence-corrected chi connectivity index (χ2v) is 9.47. The summed E-state index contributed by atoms with van der Waals surface area (Å²) in [5.74, 6) is 1.10. The molecule has 3 N–H and O–H groups in total. The molecule has 1 unspecified atom stereocenters. The van der Waals surface area contributed by atoms with Crippen LogP contribution in [0.4, 0.5) is 0 Å². The summed E-state index contributed by atoms with van der Waals surface area (Å²) in [6.07, 6.45) is 2.19. The minimum absolute atomic E-state index is 0.00498. The van der Waals surface area contributed by atoms with Gasteiger partial charge in [0.05, 0.1) is 4.90 Å². The normalized spacial score (nSPS) is 23.1. The monoisotopic (exact) mass is 378 g/mol. The van der Waals surface area contributed by atoms with Gasteiger partial charge in [0.15, 0.2) is 0 Å². The standard InChI is InChI=1S/C13H19BrN2O2S2/c1-13(5-2-6-19-13)9-16-20(17,18)12-7-10(8-15)3-4-11(12)14/h3-4,7,16H,2,5-6,8-9,15H2,1H3. The zero-order valence-corrected chi connectivity index (χ0v) is 14.6. The van der Waals surface area contributed by atoms with Crippen LogP contribution in [0.25, 0.3) is 0 Å². The van der Waals surface area contributed by atoms with Crippen LogP contribution in [-0.2, 0) is 16.6 Å². The van der Waals surface area contributed by atoms with Gasteiger partial charge in [-0.2, -0.15) is 11.8 Å². The predicted octanol–water partition coefficient (Wildman–Crippen LogP) is 2.47. The highest BCUT2D eigenvalue weighted by Crippen LogP contribution is 2.37.